The SMILES string of the molecule is CCCOc1ccc(NC(=O)C(=O)N/N=C\c2ccccc2)cc1. The Kier molecular flexibility index (Phi) is 6.52. The van der Waals surface area contributed by atoms with Crippen LogP contribution >= 0.6 is 0 Å². The first-order valence-corrected chi connectivity index (χ1v) is 7.61. The van der Waals surface area contributed by atoms with Gasteiger partial charge in [-0.2, -0.15) is 5.10 Å². The van der Waals surface area contributed by atoms with E-state index in [4.69, 9.17) is 4.74 Å². The first-order valence-electron chi connectivity index (χ1n) is 7.61. The highest BCUT2D eigenvalue weighted by atomic mass is 16.5. The Balaban J connectivity index is 1.83. The van der Waals surface area contributed by atoms with E-state index in [1.807, 2.05) is 37.3 Å². The normalized spacial score (nSPS) is 10.4. The molecule has 0 aliphatic rings. The zero-order valence-corrected chi connectivity index (χ0v) is 13.4. The molecule has 2 amide bonds. The van der Waals surface area contributed by atoms with Gasteiger partial charge in [0.1, 0.15) is 5.75 Å². The average molecular weight is 325 g/mol. The predicted molar refractivity (Wildman–Crippen MR) is 93.0 cm³/mol. The number of carbonyl (C=O) groups is 2. The summed E-state index contributed by atoms with van der Waals surface area (Å²) in [6.45, 7) is 2.65. The van der Waals surface area contributed by atoms with Gasteiger partial charge in [0.25, 0.3) is 0 Å². The van der Waals surface area contributed by atoms with Gasteiger partial charge in [0.2, 0.25) is 0 Å². The lowest BCUT2D eigenvalue weighted by Gasteiger charge is -2.07. The zero-order valence-electron chi connectivity index (χ0n) is 13.4. The van der Waals surface area contributed by atoms with Gasteiger partial charge in [-0.05, 0) is 36.2 Å². The van der Waals surface area contributed by atoms with Crippen LogP contribution in [0.1, 0.15) is 18.9 Å². The molecule has 0 aromatic heterocycles. The van der Waals surface area contributed by atoms with Crippen molar-refractivity contribution in [1.29, 1.82) is 0 Å². The van der Waals surface area contributed by atoms with E-state index in [2.05, 4.69) is 15.8 Å². The zero-order chi connectivity index (χ0) is 17.2. The number of anilines is 1. The van der Waals surface area contributed by atoms with Crippen LogP contribution in [0.2, 0.25) is 0 Å². The highest BCUT2D eigenvalue weighted by molar-refractivity contribution is 6.39. The third kappa shape index (κ3) is 5.57. The molecule has 0 saturated heterocycles. The molecule has 2 rings (SSSR count). The summed E-state index contributed by atoms with van der Waals surface area (Å²) >= 11 is 0. The Morgan fingerprint density at radius 1 is 1.04 bits per heavy atom. The molecule has 0 fully saturated rings. The van der Waals surface area contributed by atoms with Gasteiger partial charge in [0, 0.05) is 5.69 Å². The molecule has 24 heavy (non-hydrogen) atoms. The highest BCUT2D eigenvalue weighted by Gasteiger charge is 2.12. The highest BCUT2D eigenvalue weighted by Crippen LogP contribution is 2.15. The first-order chi connectivity index (χ1) is 11.7. The van der Waals surface area contributed by atoms with Crippen LogP contribution in [0, 0.1) is 0 Å². The second-order valence-electron chi connectivity index (χ2n) is 4.94. The number of hydrogen-bond acceptors (Lipinski definition) is 4. The molecule has 0 unspecified atom stereocenters. The molecule has 0 heterocycles. The topological polar surface area (TPSA) is 79.8 Å². The van der Waals surface area contributed by atoms with Crippen molar-refractivity contribution in [3.63, 3.8) is 0 Å². The summed E-state index contributed by atoms with van der Waals surface area (Å²) in [5.41, 5.74) is 3.51. The molecule has 2 aromatic rings. The Morgan fingerprint density at radius 3 is 2.42 bits per heavy atom. The average Bonchev–Trinajstić information content (AvgIpc) is 2.62. The van der Waals surface area contributed by atoms with Gasteiger partial charge >= 0.3 is 11.8 Å². The van der Waals surface area contributed by atoms with E-state index in [9.17, 15) is 9.59 Å². The number of rotatable bonds is 6. The molecule has 0 bridgehead atoms. The molecule has 6 nitrogen and oxygen atoms in total. The number of benzene rings is 2. The van der Waals surface area contributed by atoms with Crippen molar-refractivity contribution in [2.75, 3.05) is 11.9 Å². The lowest BCUT2D eigenvalue weighted by Crippen LogP contribution is -2.32. The summed E-state index contributed by atoms with van der Waals surface area (Å²) in [7, 11) is 0. The van der Waals surface area contributed by atoms with E-state index in [-0.39, 0.29) is 0 Å². The molecule has 0 aliphatic heterocycles. The minimum Gasteiger partial charge on any atom is -0.494 e. The molecular formula is C18H19N3O3. The van der Waals surface area contributed by atoms with Crippen molar-refractivity contribution >= 4 is 23.7 Å². The number of amides is 2. The van der Waals surface area contributed by atoms with Gasteiger partial charge in [-0.1, -0.05) is 37.3 Å². The van der Waals surface area contributed by atoms with Crippen LogP contribution in [-0.4, -0.2) is 24.6 Å². The Bertz CT molecular complexity index is 697. The van der Waals surface area contributed by atoms with E-state index in [0.29, 0.717) is 18.0 Å². The van der Waals surface area contributed by atoms with Gasteiger partial charge in [-0.15, -0.1) is 0 Å². The van der Waals surface area contributed by atoms with Gasteiger partial charge in [0.05, 0.1) is 12.8 Å². The molecule has 0 saturated carbocycles. The van der Waals surface area contributed by atoms with Gasteiger partial charge in [-0.25, -0.2) is 5.43 Å². The third-order valence-electron chi connectivity index (χ3n) is 2.97. The molecular weight excluding hydrogens is 306 g/mol. The fourth-order valence-corrected chi connectivity index (χ4v) is 1.80. The van der Waals surface area contributed by atoms with Crippen LogP contribution in [0.15, 0.2) is 59.7 Å². The Labute approximate surface area is 140 Å². The van der Waals surface area contributed by atoms with E-state index in [1.165, 1.54) is 6.21 Å². The van der Waals surface area contributed by atoms with E-state index in [0.717, 1.165) is 12.0 Å². The number of nitrogens with one attached hydrogen (secondary N) is 2. The van der Waals surface area contributed by atoms with Gasteiger partial charge < -0.3 is 10.1 Å². The van der Waals surface area contributed by atoms with Crippen molar-refractivity contribution in [2.24, 2.45) is 5.10 Å². The molecule has 0 radical (unpaired) electrons. The maximum absolute atomic E-state index is 11.8. The van der Waals surface area contributed by atoms with E-state index >= 15 is 0 Å². The largest absolute Gasteiger partial charge is 0.494 e. The van der Waals surface area contributed by atoms with E-state index in [1.54, 1.807) is 24.3 Å². The standard InChI is InChI=1S/C18H19N3O3/c1-2-12-24-16-10-8-15(9-11-16)20-17(22)18(23)21-19-13-14-6-4-3-5-7-14/h3-11,13H,2,12H2,1H3,(H,20,22)(H,21,23)/b19-13-. The van der Waals surface area contributed by atoms with Gasteiger partial charge in [0.15, 0.2) is 0 Å². The smallest absolute Gasteiger partial charge is 0.329 e. The molecule has 2 N–H and O–H groups in total. The van der Waals surface area contributed by atoms with Crippen LogP contribution in [0.25, 0.3) is 0 Å². The predicted octanol–water partition coefficient (Wildman–Crippen LogP) is 2.56. The molecule has 6 heteroatoms. The number of nitrogens with zero attached hydrogens (tertiary/aromatic N) is 1. The Hall–Kier alpha value is -3.15. The van der Waals surface area contributed by atoms with Crippen molar-refractivity contribution in [3.8, 4) is 5.75 Å². The van der Waals surface area contributed by atoms with Crippen molar-refractivity contribution < 1.29 is 14.3 Å². The second kappa shape index (κ2) is 9.09. The summed E-state index contributed by atoms with van der Waals surface area (Å²) in [5, 5.41) is 6.24. The maximum atomic E-state index is 11.8. The quantitative estimate of drug-likeness (QED) is 0.487. The Morgan fingerprint density at radius 2 is 1.75 bits per heavy atom. The van der Waals surface area contributed by atoms with Crippen molar-refractivity contribution in [3.05, 3.63) is 60.2 Å². The van der Waals surface area contributed by atoms with Crippen LogP contribution in [-0.2, 0) is 9.59 Å². The molecule has 0 atom stereocenters. The monoisotopic (exact) mass is 325 g/mol. The lowest BCUT2D eigenvalue weighted by molar-refractivity contribution is -0.136. The fourth-order valence-electron chi connectivity index (χ4n) is 1.80. The van der Waals surface area contributed by atoms with Crippen LogP contribution in [0.4, 0.5) is 5.69 Å². The third-order valence-corrected chi connectivity index (χ3v) is 2.97. The summed E-state index contributed by atoms with van der Waals surface area (Å²) < 4.78 is 5.45. The van der Waals surface area contributed by atoms with Crippen LogP contribution in [0.5, 0.6) is 5.75 Å². The number of ether oxygens (including phenoxy) is 1. The second-order valence-corrected chi connectivity index (χ2v) is 4.94. The number of hydrazone groups is 1. The molecule has 2 aromatic carbocycles. The summed E-state index contributed by atoms with van der Waals surface area (Å²) in [6, 6.07) is 16.0. The number of hydrogen-bond donors (Lipinski definition) is 2. The van der Waals surface area contributed by atoms with Gasteiger partial charge in [-0.3, -0.25) is 9.59 Å². The van der Waals surface area contributed by atoms with Crippen molar-refractivity contribution in [2.45, 2.75) is 13.3 Å². The van der Waals surface area contributed by atoms with Crippen LogP contribution < -0.4 is 15.5 Å². The molecule has 0 spiro atoms. The van der Waals surface area contributed by atoms with E-state index < -0.39 is 11.8 Å². The van der Waals surface area contributed by atoms with Crippen molar-refractivity contribution in [1.82, 2.24) is 5.43 Å². The minimum atomic E-state index is -0.839. The summed E-state index contributed by atoms with van der Waals surface area (Å²) in [5.74, 6) is -0.914. The maximum Gasteiger partial charge on any atom is 0.329 e. The van der Waals surface area contributed by atoms with Crippen LogP contribution in [0.3, 0.4) is 0 Å². The lowest BCUT2D eigenvalue weighted by atomic mass is 10.2. The first kappa shape index (κ1) is 17.2. The fraction of sp³-hybridized carbons (Fsp3) is 0.167. The number of carbonyl (C=O) groups excluding carboxylic acids is 2. The summed E-state index contributed by atoms with van der Waals surface area (Å²) in [6.07, 6.45) is 2.38. The minimum absolute atomic E-state index is 0.506. The molecule has 124 valence electrons. The molecule has 0 aliphatic carbocycles. The summed E-state index contributed by atoms with van der Waals surface area (Å²) in [4.78, 5) is 23.5.